The minimum absolute atomic E-state index is 0.156. The van der Waals surface area contributed by atoms with E-state index in [0.717, 1.165) is 13.0 Å². The number of benzene rings is 2. The van der Waals surface area contributed by atoms with Gasteiger partial charge in [-0.25, -0.2) is 0 Å². The van der Waals surface area contributed by atoms with Crippen molar-refractivity contribution in [2.24, 2.45) is 0 Å². The van der Waals surface area contributed by atoms with E-state index in [0.29, 0.717) is 11.7 Å². The second kappa shape index (κ2) is 9.18. The van der Waals surface area contributed by atoms with E-state index in [1.165, 1.54) is 11.1 Å². The van der Waals surface area contributed by atoms with Gasteiger partial charge in [0.05, 0.1) is 12.6 Å². The summed E-state index contributed by atoms with van der Waals surface area (Å²) in [5.41, 5.74) is 2.47. The summed E-state index contributed by atoms with van der Waals surface area (Å²) >= 11 is 5.38. The Labute approximate surface area is 137 Å². The van der Waals surface area contributed by atoms with Gasteiger partial charge >= 0.3 is 0 Å². The van der Waals surface area contributed by atoms with Crippen LogP contribution in [0, 0.1) is 0 Å². The van der Waals surface area contributed by atoms with Gasteiger partial charge in [-0.2, -0.15) is 0 Å². The molecule has 0 spiro atoms. The first-order chi connectivity index (χ1) is 10.8. The molecule has 2 aromatic carbocycles. The van der Waals surface area contributed by atoms with Gasteiger partial charge in [0, 0.05) is 13.7 Å². The Balaban J connectivity index is 1.83. The number of rotatable bonds is 7. The molecular weight excluding hydrogens is 292 g/mol. The van der Waals surface area contributed by atoms with Gasteiger partial charge < -0.3 is 15.4 Å². The predicted octanol–water partition coefficient (Wildman–Crippen LogP) is 2.91. The smallest absolute Gasteiger partial charge is 0.166 e. The monoisotopic (exact) mass is 314 g/mol. The van der Waals surface area contributed by atoms with Crippen molar-refractivity contribution in [2.75, 3.05) is 13.7 Å². The zero-order valence-corrected chi connectivity index (χ0v) is 13.6. The molecule has 2 rings (SSSR count). The highest BCUT2D eigenvalue weighted by Crippen LogP contribution is 2.04. The summed E-state index contributed by atoms with van der Waals surface area (Å²) in [4.78, 5) is 0. The van der Waals surface area contributed by atoms with Crippen molar-refractivity contribution in [1.82, 2.24) is 10.6 Å². The average Bonchev–Trinajstić information content (AvgIpc) is 2.55. The van der Waals surface area contributed by atoms with Crippen LogP contribution < -0.4 is 10.6 Å². The van der Waals surface area contributed by atoms with E-state index in [2.05, 4.69) is 34.9 Å². The fourth-order valence-corrected chi connectivity index (χ4v) is 2.50. The summed E-state index contributed by atoms with van der Waals surface area (Å²) in [6.07, 6.45) is 0.877. The maximum Gasteiger partial charge on any atom is 0.166 e. The Hall–Kier alpha value is -1.91. The number of hydrogen-bond acceptors (Lipinski definition) is 2. The third-order valence-electron chi connectivity index (χ3n) is 3.32. The lowest BCUT2D eigenvalue weighted by Crippen LogP contribution is -2.44. The summed E-state index contributed by atoms with van der Waals surface area (Å²) in [6.45, 7) is 1.33. The number of ether oxygens (including phenoxy) is 1. The highest BCUT2D eigenvalue weighted by atomic mass is 32.1. The molecule has 2 N–H and O–H groups in total. The van der Waals surface area contributed by atoms with E-state index >= 15 is 0 Å². The van der Waals surface area contributed by atoms with Gasteiger partial charge in [0.1, 0.15) is 0 Å². The Kier molecular flexibility index (Phi) is 6.87. The molecule has 1 atom stereocenters. The molecule has 0 bridgehead atoms. The molecule has 116 valence electrons. The zero-order chi connectivity index (χ0) is 15.6. The fourth-order valence-electron chi connectivity index (χ4n) is 2.27. The first-order valence-electron chi connectivity index (χ1n) is 7.39. The SMILES string of the molecule is COC[C@@H](Cc1ccccc1)NC(=S)NCc1ccccc1. The molecule has 2 aromatic rings. The van der Waals surface area contributed by atoms with Crippen LogP contribution in [0.2, 0.25) is 0 Å². The molecule has 0 aliphatic rings. The molecule has 0 aliphatic carbocycles. The van der Waals surface area contributed by atoms with Crippen LogP contribution in [0.3, 0.4) is 0 Å². The fraction of sp³-hybridized carbons (Fsp3) is 0.278. The van der Waals surface area contributed by atoms with Gasteiger partial charge in [-0.1, -0.05) is 60.7 Å². The van der Waals surface area contributed by atoms with Crippen LogP contribution in [0.25, 0.3) is 0 Å². The summed E-state index contributed by atoms with van der Waals surface area (Å²) in [7, 11) is 1.71. The van der Waals surface area contributed by atoms with Crippen molar-refractivity contribution in [3.63, 3.8) is 0 Å². The normalized spacial score (nSPS) is 11.7. The molecule has 0 amide bonds. The van der Waals surface area contributed by atoms with E-state index in [4.69, 9.17) is 17.0 Å². The molecular formula is C18H22N2OS. The second-order valence-electron chi connectivity index (χ2n) is 5.15. The van der Waals surface area contributed by atoms with Gasteiger partial charge in [-0.15, -0.1) is 0 Å². The van der Waals surface area contributed by atoms with Crippen molar-refractivity contribution < 1.29 is 4.74 Å². The van der Waals surface area contributed by atoms with Crippen molar-refractivity contribution in [1.29, 1.82) is 0 Å². The van der Waals surface area contributed by atoms with E-state index in [1.54, 1.807) is 7.11 Å². The van der Waals surface area contributed by atoms with Gasteiger partial charge in [0.25, 0.3) is 0 Å². The topological polar surface area (TPSA) is 33.3 Å². The molecule has 0 fully saturated rings. The van der Waals surface area contributed by atoms with E-state index in [1.807, 2.05) is 36.4 Å². The number of methoxy groups -OCH3 is 1. The third kappa shape index (κ3) is 5.84. The summed E-state index contributed by atoms with van der Waals surface area (Å²) < 4.78 is 5.29. The van der Waals surface area contributed by atoms with Crippen molar-refractivity contribution >= 4 is 17.3 Å². The van der Waals surface area contributed by atoms with E-state index < -0.39 is 0 Å². The molecule has 4 heteroatoms. The van der Waals surface area contributed by atoms with Crippen molar-refractivity contribution in [3.8, 4) is 0 Å². The molecule has 3 nitrogen and oxygen atoms in total. The predicted molar refractivity (Wildman–Crippen MR) is 94.8 cm³/mol. The Bertz CT molecular complexity index is 560. The van der Waals surface area contributed by atoms with Crippen molar-refractivity contribution in [2.45, 2.75) is 19.0 Å². The van der Waals surface area contributed by atoms with E-state index in [9.17, 15) is 0 Å². The number of nitrogens with one attached hydrogen (secondary N) is 2. The summed E-state index contributed by atoms with van der Waals surface area (Å²) in [6, 6.07) is 20.7. The zero-order valence-electron chi connectivity index (χ0n) is 12.8. The third-order valence-corrected chi connectivity index (χ3v) is 3.59. The van der Waals surface area contributed by atoms with Gasteiger partial charge in [0.2, 0.25) is 0 Å². The highest BCUT2D eigenvalue weighted by molar-refractivity contribution is 7.80. The number of thiocarbonyl (C=S) groups is 1. The second-order valence-corrected chi connectivity index (χ2v) is 5.56. The molecule has 0 aromatic heterocycles. The maximum absolute atomic E-state index is 5.38. The lowest BCUT2D eigenvalue weighted by atomic mass is 10.1. The molecule has 0 radical (unpaired) electrons. The largest absolute Gasteiger partial charge is 0.383 e. The van der Waals surface area contributed by atoms with Crippen LogP contribution in [0.15, 0.2) is 60.7 Å². The lowest BCUT2D eigenvalue weighted by molar-refractivity contribution is 0.173. The summed E-state index contributed by atoms with van der Waals surface area (Å²) in [5.74, 6) is 0. The lowest BCUT2D eigenvalue weighted by Gasteiger charge is -2.20. The minimum atomic E-state index is 0.156. The maximum atomic E-state index is 5.38. The molecule has 0 saturated heterocycles. The summed E-state index contributed by atoms with van der Waals surface area (Å²) in [5, 5.41) is 7.22. The standard InChI is InChI=1S/C18H22N2OS/c1-21-14-17(12-15-8-4-2-5-9-15)20-18(22)19-13-16-10-6-3-7-11-16/h2-11,17H,12-14H2,1H3,(H2,19,20,22)/t17-/m1/s1. The Morgan fingerprint density at radius 3 is 2.18 bits per heavy atom. The van der Waals surface area contributed by atoms with Crippen LogP contribution in [0.1, 0.15) is 11.1 Å². The average molecular weight is 314 g/mol. The highest BCUT2D eigenvalue weighted by Gasteiger charge is 2.10. The molecule has 0 heterocycles. The van der Waals surface area contributed by atoms with E-state index in [-0.39, 0.29) is 6.04 Å². The Morgan fingerprint density at radius 1 is 1.00 bits per heavy atom. The van der Waals surface area contributed by atoms with Crippen molar-refractivity contribution in [3.05, 3.63) is 71.8 Å². The minimum Gasteiger partial charge on any atom is -0.383 e. The molecule has 0 aliphatic heterocycles. The van der Waals surface area contributed by atoms with Gasteiger partial charge in [-0.3, -0.25) is 0 Å². The molecule has 22 heavy (non-hydrogen) atoms. The first-order valence-corrected chi connectivity index (χ1v) is 7.80. The van der Waals surface area contributed by atoms with Crippen LogP contribution in [0.5, 0.6) is 0 Å². The van der Waals surface area contributed by atoms with Gasteiger partial charge in [-0.05, 0) is 29.8 Å². The van der Waals surface area contributed by atoms with Crippen LogP contribution in [0.4, 0.5) is 0 Å². The number of hydrogen-bond donors (Lipinski definition) is 2. The van der Waals surface area contributed by atoms with Crippen LogP contribution in [-0.4, -0.2) is 24.9 Å². The Morgan fingerprint density at radius 2 is 1.59 bits per heavy atom. The van der Waals surface area contributed by atoms with Crippen LogP contribution in [-0.2, 0) is 17.7 Å². The molecule has 0 saturated carbocycles. The van der Waals surface area contributed by atoms with Crippen LogP contribution >= 0.6 is 12.2 Å². The molecule has 0 unspecified atom stereocenters. The first kappa shape index (κ1) is 16.5. The van der Waals surface area contributed by atoms with Gasteiger partial charge in [0.15, 0.2) is 5.11 Å². The quantitative estimate of drug-likeness (QED) is 0.770.